The Morgan fingerprint density at radius 3 is 2.69 bits per heavy atom. The summed E-state index contributed by atoms with van der Waals surface area (Å²) in [6.45, 7) is 4.55. The van der Waals surface area contributed by atoms with Crippen LogP contribution in [0, 0.1) is 5.92 Å². The van der Waals surface area contributed by atoms with E-state index in [-0.39, 0.29) is 0 Å². The minimum Gasteiger partial charge on any atom is -0.307 e. The van der Waals surface area contributed by atoms with Gasteiger partial charge in [-0.1, -0.05) is 18.9 Å². The fraction of sp³-hybridized carbons (Fsp3) is 0.643. The van der Waals surface area contributed by atoms with Crippen molar-refractivity contribution in [3.05, 3.63) is 30.1 Å². The average Bonchev–Trinajstić information content (AvgIpc) is 2.83. The fourth-order valence-corrected chi connectivity index (χ4v) is 2.72. The first-order valence-corrected chi connectivity index (χ1v) is 6.43. The van der Waals surface area contributed by atoms with Crippen LogP contribution in [-0.2, 0) is 0 Å². The molecule has 16 heavy (non-hydrogen) atoms. The van der Waals surface area contributed by atoms with Gasteiger partial charge < -0.3 is 5.32 Å². The van der Waals surface area contributed by atoms with Crippen molar-refractivity contribution >= 4 is 0 Å². The van der Waals surface area contributed by atoms with Crippen LogP contribution in [-0.4, -0.2) is 11.0 Å². The first-order valence-electron chi connectivity index (χ1n) is 6.43. The van der Waals surface area contributed by atoms with E-state index in [1.165, 1.54) is 31.2 Å². The number of rotatable bonds is 4. The van der Waals surface area contributed by atoms with Gasteiger partial charge in [0.25, 0.3) is 0 Å². The molecular weight excluding hydrogens is 196 g/mol. The molecule has 2 rings (SSSR count). The molecule has 1 aromatic heterocycles. The highest BCUT2D eigenvalue weighted by atomic mass is 14.9. The summed E-state index contributed by atoms with van der Waals surface area (Å²) < 4.78 is 0. The second-order valence-electron chi connectivity index (χ2n) is 5.01. The van der Waals surface area contributed by atoms with Crippen LogP contribution in [0.5, 0.6) is 0 Å². The Labute approximate surface area is 98.5 Å². The third-order valence-electron chi connectivity index (χ3n) is 3.80. The molecule has 1 aliphatic carbocycles. The molecule has 1 fully saturated rings. The Morgan fingerprint density at radius 1 is 1.31 bits per heavy atom. The van der Waals surface area contributed by atoms with Gasteiger partial charge in [-0.15, -0.1) is 0 Å². The number of hydrogen-bond acceptors (Lipinski definition) is 2. The molecule has 0 radical (unpaired) electrons. The van der Waals surface area contributed by atoms with E-state index in [1.807, 2.05) is 18.5 Å². The van der Waals surface area contributed by atoms with Gasteiger partial charge in [0.1, 0.15) is 0 Å². The molecule has 1 unspecified atom stereocenters. The zero-order valence-corrected chi connectivity index (χ0v) is 10.3. The van der Waals surface area contributed by atoms with Crippen molar-refractivity contribution in [2.45, 2.75) is 51.6 Å². The molecule has 2 heteroatoms. The van der Waals surface area contributed by atoms with E-state index in [1.54, 1.807) is 0 Å². The van der Waals surface area contributed by atoms with E-state index in [2.05, 4.69) is 30.2 Å². The molecule has 88 valence electrons. The standard InChI is InChI=1S/C14H22N2/c1-11(13-6-3-4-7-13)16-12(2)14-8-5-9-15-10-14/h5,8-13,16H,3-4,6-7H2,1-2H3/t11?,12-/m1/s1. The Balaban J connectivity index is 1.89. The second-order valence-corrected chi connectivity index (χ2v) is 5.01. The van der Waals surface area contributed by atoms with Gasteiger partial charge in [-0.05, 0) is 44.2 Å². The maximum Gasteiger partial charge on any atom is 0.0315 e. The summed E-state index contributed by atoms with van der Waals surface area (Å²) in [6.07, 6.45) is 9.41. The predicted octanol–water partition coefficient (Wildman–Crippen LogP) is 3.31. The topological polar surface area (TPSA) is 24.9 Å². The largest absolute Gasteiger partial charge is 0.307 e. The maximum absolute atomic E-state index is 4.17. The van der Waals surface area contributed by atoms with Crippen molar-refractivity contribution < 1.29 is 0 Å². The number of nitrogens with zero attached hydrogens (tertiary/aromatic N) is 1. The zero-order chi connectivity index (χ0) is 11.4. The van der Waals surface area contributed by atoms with Gasteiger partial charge in [0.05, 0.1) is 0 Å². The first kappa shape index (κ1) is 11.6. The van der Waals surface area contributed by atoms with Crippen molar-refractivity contribution in [1.82, 2.24) is 10.3 Å². The minimum atomic E-state index is 0.407. The molecule has 0 amide bonds. The molecule has 0 aromatic carbocycles. The van der Waals surface area contributed by atoms with E-state index in [4.69, 9.17) is 0 Å². The smallest absolute Gasteiger partial charge is 0.0315 e. The predicted molar refractivity (Wildman–Crippen MR) is 67.2 cm³/mol. The van der Waals surface area contributed by atoms with Crippen LogP contribution in [0.25, 0.3) is 0 Å². The summed E-state index contributed by atoms with van der Waals surface area (Å²) >= 11 is 0. The van der Waals surface area contributed by atoms with Gasteiger partial charge >= 0.3 is 0 Å². The molecule has 1 heterocycles. The highest BCUT2D eigenvalue weighted by Gasteiger charge is 2.22. The molecular formula is C14H22N2. The van der Waals surface area contributed by atoms with E-state index in [0.29, 0.717) is 12.1 Å². The van der Waals surface area contributed by atoms with Gasteiger partial charge in [0.15, 0.2) is 0 Å². The average molecular weight is 218 g/mol. The molecule has 1 aliphatic rings. The van der Waals surface area contributed by atoms with E-state index in [9.17, 15) is 0 Å². The summed E-state index contributed by atoms with van der Waals surface area (Å²) in [7, 11) is 0. The van der Waals surface area contributed by atoms with Gasteiger partial charge in [-0.2, -0.15) is 0 Å². The highest BCUT2D eigenvalue weighted by molar-refractivity contribution is 5.13. The lowest BCUT2D eigenvalue weighted by Gasteiger charge is -2.24. The number of hydrogen-bond donors (Lipinski definition) is 1. The van der Waals surface area contributed by atoms with Crippen LogP contribution < -0.4 is 5.32 Å². The van der Waals surface area contributed by atoms with Crippen molar-refractivity contribution in [2.24, 2.45) is 5.92 Å². The van der Waals surface area contributed by atoms with Gasteiger partial charge in [0, 0.05) is 24.5 Å². The molecule has 0 saturated heterocycles. The fourth-order valence-electron chi connectivity index (χ4n) is 2.72. The molecule has 0 aliphatic heterocycles. The Morgan fingerprint density at radius 2 is 2.06 bits per heavy atom. The molecule has 2 atom stereocenters. The van der Waals surface area contributed by atoms with Gasteiger partial charge in [-0.25, -0.2) is 0 Å². The highest BCUT2D eigenvalue weighted by Crippen LogP contribution is 2.28. The SMILES string of the molecule is CC(N[C@H](C)c1cccnc1)C1CCCC1. The summed E-state index contributed by atoms with van der Waals surface area (Å²) in [5, 5.41) is 3.70. The van der Waals surface area contributed by atoms with Gasteiger partial charge in [0.2, 0.25) is 0 Å². The van der Waals surface area contributed by atoms with Crippen LogP contribution >= 0.6 is 0 Å². The lowest BCUT2D eigenvalue weighted by Crippen LogP contribution is -2.34. The summed E-state index contributed by atoms with van der Waals surface area (Å²) in [5.41, 5.74) is 1.28. The van der Waals surface area contributed by atoms with Crippen LogP contribution in [0.4, 0.5) is 0 Å². The molecule has 0 bridgehead atoms. The number of pyridine rings is 1. The van der Waals surface area contributed by atoms with Gasteiger partial charge in [-0.3, -0.25) is 4.98 Å². The summed E-state index contributed by atoms with van der Waals surface area (Å²) in [6, 6.07) is 5.18. The normalized spacial score (nSPS) is 20.9. The van der Waals surface area contributed by atoms with Crippen LogP contribution in [0.3, 0.4) is 0 Å². The van der Waals surface area contributed by atoms with Crippen molar-refractivity contribution in [3.63, 3.8) is 0 Å². The molecule has 1 aromatic rings. The number of aromatic nitrogens is 1. The Hall–Kier alpha value is -0.890. The van der Waals surface area contributed by atoms with E-state index >= 15 is 0 Å². The summed E-state index contributed by atoms with van der Waals surface area (Å²) in [5.74, 6) is 0.874. The molecule has 1 saturated carbocycles. The van der Waals surface area contributed by atoms with Crippen molar-refractivity contribution in [1.29, 1.82) is 0 Å². The third-order valence-corrected chi connectivity index (χ3v) is 3.80. The lowest BCUT2D eigenvalue weighted by atomic mass is 9.98. The second kappa shape index (κ2) is 5.44. The third kappa shape index (κ3) is 2.82. The van der Waals surface area contributed by atoms with Crippen molar-refractivity contribution in [3.8, 4) is 0 Å². The molecule has 1 N–H and O–H groups in total. The molecule has 0 spiro atoms. The van der Waals surface area contributed by atoms with Crippen molar-refractivity contribution in [2.75, 3.05) is 0 Å². The summed E-state index contributed by atoms with van der Waals surface area (Å²) in [4.78, 5) is 4.17. The quantitative estimate of drug-likeness (QED) is 0.838. The monoisotopic (exact) mass is 218 g/mol. The lowest BCUT2D eigenvalue weighted by molar-refractivity contribution is 0.352. The Bertz CT molecular complexity index is 304. The first-order chi connectivity index (χ1) is 7.77. The van der Waals surface area contributed by atoms with Crippen LogP contribution in [0.2, 0.25) is 0 Å². The zero-order valence-electron chi connectivity index (χ0n) is 10.3. The minimum absolute atomic E-state index is 0.407. The maximum atomic E-state index is 4.17. The molecule has 2 nitrogen and oxygen atoms in total. The van der Waals surface area contributed by atoms with Crippen LogP contribution in [0.1, 0.15) is 51.1 Å². The Kier molecular flexibility index (Phi) is 3.94. The van der Waals surface area contributed by atoms with E-state index in [0.717, 1.165) is 5.92 Å². The van der Waals surface area contributed by atoms with E-state index < -0.39 is 0 Å². The number of nitrogens with one attached hydrogen (secondary N) is 1. The van der Waals surface area contributed by atoms with Crippen LogP contribution in [0.15, 0.2) is 24.5 Å².